The van der Waals surface area contributed by atoms with Gasteiger partial charge in [-0.2, -0.15) is 4.98 Å². The summed E-state index contributed by atoms with van der Waals surface area (Å²) < 4.78 is 47.3. The van der Waals surface area contributed by atoms with E-state index < -0.39 is 33.7 Å². The first-order chi connectivity index (χ1) is 15.7. The quantitative estimate of drug-likeness (QED) is 0.546. The van der Waals surface area contributed by atoms with Crippen LogP contribution >= 0.6 is 0 Å². The molecule has 33 heavy (non-hydrogen) atoms. The number of benzene rings is 2. The molecule has 0 unspecified atom stereocenters. The van der Waals surface area contributed by atoms with Crippen molar-refractivity contribution in [2.45, 2.75) is 49.6 Å². The summed E-state index contributed by atoms with van der Waals surface area (Å²) >= 11 is 0. The number of nitrogens with zero attached hydrogens (tertiary/aromatic N) is 2. The molecular formula is C23H25FN4O4S. The van der Waals surface area contributed by atoms with E-state index in [0.717, 1.165) is 17.7 Å². The van der Waals surface area contributed by atoms with E-state index >= 15 is 0 Å². The molecule has 1 aromatic heterocycles. The maximum Gasteiger partial charge on any atom is 0.240 e. The minimum atomic E-state index is -3.96. The summed E-state index contributed by atoms with van der Waals surface area (Å²) in [7, 11) is -3.96. The van der Waals surface area contributed by atoms with Crippen molar-refractivity contribution in [1.82, 2.24) is 20.2 Å². The monoisotopic (exact) mass is 472 g/mol. The lowest BCUT2D eigenvalue weighted by Gasteiger charge is -2.18. The molecule has 0 bridgehead atoms. The fourth-order valence-electron chi connectivity index (χ4n) is 4.03. The molecule has 1 saturated carbocycles. The zero-order valence-electron chi connectivity index (χ0n) is 18.2. The van der Waals surface area contributed by atoms with Crippen molar-refractivity contribution < 1.29 is 22.1 Å². The number of amides is 1. The number of sulfonamides is 1. The Morgan fingerprint density at radius 1 is 1.09 bits per heavy atom. The second-order valence-electron chi connectivity index (χ2n) is 8.44. The van der Waals surface area contributed by atoms with E-state index in [1.165, 1.54) is 12.1 Å². The Labute approximate surface area is 191 Å². The SMILES string of the molecule is CC(C)NC(=O)[C@H]1C[C@H](NS(=O)(=O)c2ccc(F)cc2)[C@H](c2nc(-c3ccccc3)no2)C1. The number of halogens is 1. The average Bonchev–Trinajstić information content (AvgIpc) is 3.41. The molecule has 3 aromatic rings. The lowest BCUT2D eigenvalue weighted by atomic mass is 10.0. The Bertz CT molecular complexity index is 1210. The molecule has 1 fully saturated rings. The Morgan fingerprint density at radius 3 is 2.45 bits per heavy atom. The molecule has 0 spiro atoms. The number of hydrogen-bond donors (Lipinski definition) is 2. The van der Waals surface area contributed by atoms with E-state index in [9.17, 15) is 17.6 Å². The van der Waals surface area contributed by atoms with Crippen molar-refractivity contribution in [3.8, 4) is 11.4 Å². The number of carbonyl (C=O) groups excluding carboxylic acids is 1. The van der Waals surface area contributed by atoms with Gasteiger partial charge in [0.05, 0.1) is 10.8 Å². The maximum atomic E-state index is 13.3. The molecule has 0 saturated heterocycles. The molecule has 1 heterocycles. The van der Waals surface area contributed by atoms with Crippen molar-refractivity contribution in [2.24, 2.45) is 5.92 Å². The van der Waals surface area contributed by atoms with Crippen LogP contribution in [-0.4, -0.2) is 36.5 Å². The van der Waals surface area contributed by atoms with Crippen LogP contribution in [0, 0.1) is 11.7 Å². The molecule has 8 nitrogen and oxygen atoms in total. The minimum Gasteiger partial charge on any atom is -0.354 e. The Hall–Kier alpha value is -3.11. The van der Waals surface area contributed by atoms with E-state index in [4.69, 9.17) is 4.52 Å². The largest absolute Gasteiger partial charge is 0.354 e. The van der Waals surface area contributed by atoms with Gasteiger partial charge in [0.15, 0.2) is 0 Å². The number of hydrogen-bond acceptors (Lipinski definition) is 6. The second kappa shape index (κ2) is 9.40. The average molecular weight is 473 g/mol. The fraction of sp³-hybridized carbons (Fsp3) is 0.348. The molecule has 0 radical (unpaired) electrons. The predicted octanol–water partition coefficient (Wildman–Crippen LogP) is 3.24. The summed E-state index contributed by atoms with van der Waals surface area (Å²) in [5.41, 5.74) is 0.767. The van der Waals surface area contributed by atoms with Gasteiger partial charge in [0.1, 0.15) is 5.82 Å². The van der Waals surface area contributed by atoms with Crippen molar-refractivity contribution in [3.63, 3.8) is 0 Å². The van der Waals surface area contributed by atoms with Gasteiger partial charge < -0.3 is 9.84 Å². The summed E-state index contributed by atoms with van der Waals surface area (Å²) in [5.74, 6) is -0.946. The molecule has 0 aliphatic heterocycles. The minimum absolute atomic E-state index is 0.0426. The van der Waals surface area contributed by atoms with Gasteiger partial charge in [0, 0.05) is 23.6 Å². The molecule has 2 N–H and O–H groups in total. The van der Waals surface area contributed by atoms with Crippen molar-refractivity contribution in [1.29, 1.82) is 0 Å². The van der Waals surface area contributed by atoms with Crippen molar-refractivity contribution in [2.75, 3.05) is 0 Å². The van der Waals surface area contributed by atoms with Crippen LogP contribution in [0.1, 0.15) is 38.5 Å². The molecule has 174 valence electrons. The van der Waals surface area contributed by atoms with Gasteiger partial charge >= 0.3 is 0 Å². The summed E-state index contributed by atoms with van der Waals surface area (Å²) in [4.78, 5) is 17.1. The standard InChI is InChI=1S/C23H25FN4O4S/c1-14(2)25-22(29)16-12-19(23-26-21(27-32-23)15-6-4-3-5-7-15)20(13-16)28-33(30,31)18-10-8-17(24)9-11-18/h3-11,14,16,19-20,28H,12-13H2,1-2H3,(H,25,29)/t16-,19-,20+/m1/s1. The van der Waals surface area contributed by atoms with Crippen LogP contribution in [0.15, 0.2) is 64.0 Å². The number of nitrogens with one attached hydrogen (secondary N) is 2. The molecule has 10 heteroatoms. The van der Waals surface area contributed by atoms with Crippen LogP contribution in [0.3, 0.4) is 0 Å². The molecule has 4 rings (SSSR count). The van der Waals surface area contributed by atoms with Gasteiger partial charge in [-0.05, 0) is 51.0 Å². The lowest BCUT2D eigenvalue weighted by Crippen LogP contribution is -2.38. The van der Waals surface area contributed by atoms with Crippen LogP contribution in [0.25, 0.3) is 11.4 Å². The molecule has 1 aliphatic rings. The van der Waals surface area contributed by atoms with Gasteiger partial charge in [-0.3, -0.25) is 4.79 Å². The van der Waals surface area contributed by atoms with Gasteiger partial charge in [-0.1, -0.05) is 35.5 Å². The zero-order valence-corrected chi connectivity index (χ0v) is 19.0. The Kier molecular flexibility index (Phi) is 6.57. The fourth-order valence-corrected chi connectivity index (χ4v) is 5.32. The lowest BCUT2D eigenvalue weighted by molar-refractivity contribution is -0.125. The highest BCUT2D eigenvalue weighted by molar-refractivity contribution is 7.89. The Morgan fingerprint density at radius 2 is 1.79 bits per heavy atom. The first-order valence-electron chi connectivity index (χ1n) is 10.7. The third-order valence-electron chi connectivity index (χ3n) is 5.59. The highest BCUT2D eigenvalue weighted by atomic mass is 32.2. The summed E-state index contributed by atoms with van der Waals surface area (Å²) in [6, 6.07) is 13.2. The summed E-state index contributed by atoms with van der Waals surface area (Å²) in [5, 5.41) is 6.93. The van der Waals surface area contributed by atoms with Crippen LogP contribution in [0.5, 0.6) is 0 Å². The first kappa shape index (κ1) is 23.1. The number of carbonyl (C=O) groups is 1. The predicted molar refractivity (Wildman–Crippen MR) is 119 cm³/mol. The van der Waals surface area contributed by atoms with Crippen LogP contribution in [0.4, 0.5) is 4.39 Å². The number of rotatable bonds is 7. The molecule has 1 amide bonds. The van der Waals surface area contributed by atoms with E-state index in [1.54, 1.807) is 0 Å². The van der Waals surface area contributed by atoms with Crippen molar-refractivity contribution in [3.05, 3.63) is 66.3 Å². The third-order valence-corrected chi connectivity index (χ3v) is 7.09. The zero-order chi connectivity index (χ0) is 23.6. The highest BCUT2D eigenvalue weighted by Crippen LogP contribution is 2.39. The number of aromatic nitrogens is 2. The normalized spacial score (nSPS) is 20.8. The summed E-state index contributed by atoms with van der Waals surface area (Å²) in [6.07, 6.45) is 0.623. The molecule has 3 atom stereocenters. The van der Waals surface area contributed by atoms with Gasteiger partial charge in [0.2, 0.25) is 27.6 Å². The van der Waals surface area contributed by atoms with Gasteiger partial charge in [0.25, 0.3) is 0 Å². The second-order valence-corrected chi connectivity index (χ2v) is 10.2. The van der Waals surface area contributed by atoms with Crippen LogP contribution in [-0.2, 0) is 14.8 Å². The van der Waals surface area contributed by atoms with E-state index in [-0.39, 0.29) is 29.2 Å². The van der Waals surface area contributed by atoms with Crippen molar-refractivity contribution >= 4 is 15.9 Å². The van der Waals surface area contributed by atoms with Crippen LogP contribution in [0.2, 0.25) is 0 Å². The van der Waals surface area contributed by atoms with E-state index in [2.05, 4.69) is 20.2 Å². The topological polar surface area (TPSA) is 114 Å². The Balaban J connectivity index is 1.61. The summed E-state index contributed by atoms with van der Waals surface area (Å²) in [6.45, 7) is 3.73. The molecule has 2 aromatic carbocycles. The highest BCUT2D eigenvalue weighted by Gasteiger charge is 2.43. The van der Waals surface area contributed by atoms with Crippen LogP contribution < -0.4 is 10.0 Å². The smallest absolute Gasteiger partial charge is 0.240 e. The molecular weight excluding hydrogens is 447 g/mol. The molecule has 1 aliphatic carbocycles. The van der Waals surface area contributed by atoms with E-state index in [1.807, 2.05) is 44.2 Å². The van der Waals surface area contributed by atoms with Gasteiger partial charge in [-0.25, -0.2) is 17.5 Å². The van der Waals surface area contributed by atoms with Gasteiger partial charge in [-0.15, -0.1) is 0 Å². The van der Waals surface area contributed by atoms with E-state index in [0.29, 0.717) is 12.2 Å². The third kappa shape index (κ3) is 5.28. The maximum absolute atomic E-state index is 13.3. The first-order valence-corrected chi connectivity index (χ1v) is 12.2.